The molecule has 0 fully saturated rings. The van der Waals surface area contributed by atoms with Crippen LogP contribution in [0.15, 0.2) is 53.2 Å². The van der Waals surface area contributed by atoms with E-state index in [0.717, 1.165) is 12.8 Å². The summed E-state index contributed by atoms with van der Waals surface area (Å²) in [5.74, 6) is -0.234. The number of amides is 2. The molecule has 0 radical (unpaired) electrons. The number of carbonyl (C=O) groups excluding carboxylic acids is 2. The highest BCUT2D eigenvalue weighted by Gasteiger charge is 2.13. The normalized spacial score (nSPS) is 11.7. The van der Waals surface area contributed by atoms with E-state index in [1.807, 2.05) is 36.6 Å². The summed E-state index contributed by atoms with van der Waals surface area (Å²) in [6.45, 7) is 2.01. The Kier molecular flexibility index (Phi) is 6.73. The number of aryl methyl sites for hydroxylation is 1. The third-order valence-corrected chi connectivity index (χ3v) is 5.65. The predicted molar refractivity (Wildman–Crippen MR) is 110 cm³/mol. The highest BCUT2D eigenvalue weighted by atomic mass is 32.1. The van der Waals surface area contributed by atoms with E-state index in [1.165, 1.54) is 28.2 Å². The molecule has 0 saturated carbocycles. The second kappa shape index (κ2) is 9.43. The first-order chi connectivity index (χ1) is 13.1. The molecule has 5 nitrogen and oxygen atoms in total. The van der Waals surface area contributed by atoms with Crippen molar-refractivity contribution >= 4 is 39.6 Å². The fraction of sp³-hybridized carbons (Fsp3) is 0.250. The lowest BCUT2D eigenvalue weighted by atomic mass is 10.1. The van der Waals surface area contributed by atoms with Gasteiger partial charge in [0.2, 0.25) is 5.91 Å². The first kappa shape index (κ1) is 19.3. The molecule has 7 heteroatoms. The Bertz CT molecular complexity index is 876. The van der Waals surface area contributed by atoms with Crippen molar-refractivity contribution in [2.45, 2.75) is 32.2 Å². The molecule has 0 aliphatic rings. The summed E-state index contributed by atoms with van der Waals surface area (Å²) in [6.07, 6.45) is 2.02. The average molecular weight is 400 g/mol. The number of hydrogen-bond donors (Lipinski definition) is 2. The van der Waals surface area contributed by atoms with Gasteiger partial charge in [0.05, 0.1) is 17.0 Å². The van der Waals surface area contributed by atoms with Crippen LogP contribution in [0, 0.1) is 0 Å². The van der Waals surface area contributed by atoms with Crippen LogP contribution in [0.3, 0.4) is 0 Å². The largest absolute Gasteiger partial charge is 0.353 e. The molecule has 1 unspecified atom stereocenters. The van der Waals surface area contributed by atoms with E-state index in [0.29, 0.717) is 15.7 Å². The monoisotopic (exact) mass is 399 g/mol. The van der Waals surface area contributed by atoms with Crippen LogP contribution in [0.2, 0.25) is 0 Å². The maximum atomic E-state index is 12.2. The smallest absolute Gasteiger partial charge is 0.267 e. The Morgan fingerprint density at radius 2 is 1.93 bits per heavy atom. The zero-order valence-electron chi connectivity index (χ0n) is 15.0. The number of rotatable bonds is 8. The van der Waals surface area contributed by atoms with Gasteiger partial charge >= 0.3 is 0 Å². The molecular weight excluding hydrogens is 378 g/mol. The molecule has 0 spiro atoms. The van der Waals surface area contributed by atoms with Crippen molar-refractivity contribution in [2.75, 3.05) is 5.32 Å². The molecule has 1 atom stereocenters. The first-order valence-electron chi connectivity index (χ1n) is 8.72. The van der Waals surface area contributed by atoms with E-state index in [-0.39, 0.29) is 24.3 Å². The van der Waals surface area contributed by atoms with E-state index in [9.17, 15) is 9.59 Å². The van der Waals surface area contributed by atoms with Crippen molar-refractivity contribution in [3.8, 4) is 0 Å². The molecule has 2 amide bonds. The van der Waals surface area contributed by atoms with Gasteiger partial charge in [-0.3, -0.25) is 14.9 Å². The third kappa shape index (κ3) is 6.01. The van der Waals surface area contributed by atoms with Gasteiger partial charge in [0.1, 0.15) is 0 Å². The molecule has 1 aromatic carbocycles. The van der Waals surface area contributed by atoms with Crippen molar-refractivity contribution < 1.29 is 9.59 Å². The molecule has 0 bridgehead atoms. The number of nitrogens with zero attached hydrogens (tertiary/aromatic N) is 1. The quantitative estimate of drug-likeness (QED) is 0.598. The van der Waals surface area contributed by atoms with E-state index < -0.39 is 0 Å². The number of aromatic nitrogens is 1. The van der Waals surface area contributed by atoms with Crippen LogP contribution in [-0.2, 0) is 17.6 Å². The van der Waals surface area contributed by atoms with Gasteiger partial charge in [-0.1, -0.05) is 36.4 Å². The van der Waals surface area contributed by atoms with E-state index in [1.54, 1.807) is 11.4 Å². The van der Waals surface area contributed by atoms with Crippen molar-refractivity contribution in [3.63, 3.8) is 0 Å². The minimum absolute atomic E-state index is 0.0583. The second-order valence-corrected chi connectivity index (χ2v) is 8.05. The first-order valence-corrected chi connectivity index (χ1v) is 10.5. The maximum Gasteiger partial charge on any atom is 0.267 e. The molecule has 140 valence electrons. The number of hydrogen-bond acceptors (Lipinski definition) is 5. The average Bonchev–Trinajstić information content (AvgIpc) is 3.33. The molecule has 2 heterocycles. The Morgan fingerprint density at radius 1 is 1.11 bits per heavy atom. The van der Waals surface area contributed by atoms with Crippen molar-refractivity contribution in [1.29, 1.82) is 0 Å². The lowest BCUT2D eigenvalue weighted by Crippen LogP contribution is -2.34. The molecule has 2 aromatic heterocycles. The summed E-state index contributed by atoms with van der Waals surface area (Å²) in [4.78, 5) is 29.2. The van der Waals surface area contributed by atoms with Crippen LogP contribution in [0.25, 0.3) is 0 Å². The number of benzene rings is 1. The highest BCUT2D eigenvalue weighted by molar-refractivity contribution is 7.14. The maximum absolute atomic E-state index is 12.2. The number of carbonyl (C=O) groups is 2. The Hall–Kier alpha value is -2.51. The van der Waals surface area contributed by atoms with Crippen LogP contribution in [0.5, 0.6) is 0 Å². The molecule has 3 rings (SSSR count). The van der Waals surface area contributed by atoms with Crippen molar-refractivity contribution in [2.24, 2.45) is 0 Å². The van der Waals surface area contributed by atoms with Crippen LogP contribution in [-0.4, -0.2) is 22.8 Å². The summed E-state index contributed by atoms with van der Waals surface area (Å²) in [7, 11) is 0. The van der Waals surface area contributed by atoms with Gasteiger partial charge in [0.25, 0.3) is 5.91 Å². The van der Waals surface area contributed by atoms with E-state index >= 15 is 0 Å². The SMILES string of the molecule is CC(CCc1ccccc1)NC(=O)Cc1csc(NC(=O)c2cccs2)n1. The Morgan fingerprint density at radius 3 is 2.67 bits per heavy atom. The zero-order chi connectivity index (χ0) is 19.1. The van der Waals surface area contributed by atoms with Crippen LogP contribution < -0.4 is 10.6 Å². The summed E-state index contributed by atoms with van der Waals surface area (Å²) in [5, 5.41) is 9.94. The Balaban J connectivity index is 1.44. The molecule has 0 aliphatic heterocycles. The fourth-order valence-electron chi connectivity index (χ4n) is 2.60. The van der Waals surface area contributed by atoms with Gasteiger partial charge in [-0.15, -0.1) is 22.7 Å². The Labute approximate surface area is 166 Å². The summed E-state index contributed by atoms with van der Waals surface area (Å²) in [5.41, 5.74) is 1.93. The van der Waals surface area contributed by atoms with Gasteiger partial charge < -0.3 is 5.32 Å². The highest BCUT2D eigenvalue weighted by Crippen LogP contribution is 2.18. The molecule has 3 aromatic rings. The summed E-state index contributed by atoms with van der Waals surface area (Å²) < 4.78 is 0. The fourth-order valence-corrected chi connectivity index (χ4v) is 3.93. The molecule has 0 aliphatic carbocycles. The van der Waals surface area contributed by atoms with Gasteiger partial charge in [0, 0.05) is 11.4 Å². The van der Waals surface area contributed by atoms with Crippen LogP contribution in [0.1, 0.15) is 34.3 Å². The topological polar surface area (TPSA) is 71.1 Å². The van der Waals surface area contributed by atoms with E-state index in [2.05, 4.69) is 27.8 Å². The summed E-state index contributed by atoms with van der Waals surface area (Å²) >= 11 is 2.70. The lowest BCUT2D eigenvalue weighted by Gasteiger charge is -2.13. The lowest BCUT2D eigenvalue weighted by molar-refractivity contribution is -0.121. The van der Waals surface area contributed by atoms with Gasteiger partial charge in [-0.2, -0.15) is 0 Å². The number of anilines is 1. The van der Waals surface area contributed by atoms with Crippen LogP contribution >= 0.6 is 22.7 Å². The van der Waals surface area contributed by atoms with Crippen molar-refractivity contribution in [3.05, 3.63) is 69.4 Å². The molecule has 0 saturated heterocycles. The minimum atomic E-state index is -0.176. The van der Waals surface area contributed by atoms with Gasteiger partial charge in [0.15, 0.2) is 5.13 Å². The standard InChI is InChI=1S/C20H21N3O2S2/c1-14(9-10-15-6-3-2-4-7-15)21-18(24)12-16-13-27-20(22-16)23-19(25)17-8-5-11-26-17/h2-8,11,13-14H,9-10,12H2,1H3,(H,21,24)(H,22,23,25). The van der Waals surface area contributed by atoms with E-state index in [4.69, 9.17) is 0 Å². The minimum Gasteiger partial charge on any atom is -0.353 e. The van der Waals surface area contributed by atoms with Gasteiger partial charge in [-0.25, -0.2) is 4.98 Å². The number of thiophene rings is 1. The van der Waals surface area contributed by atoms with Crippen LogP contribution in [0.4, 0.5) is 5.13 Å². The summed E-state index contributed by atoms with van der Waals surface area (Å²) in [6, 6.07) is 13.9. The van der Waals surface area contributed by atoms with Gasteiger partial charge in [-0.05, 0) is 36.8 Å². The zero-order valence-corrected chi connectivity index (χ0v) is 16.6. The molecule has 2 N–H and O–H groups in total. The predicted octanol–water partition coefficient (Wildman–Crippen LogP) is 4.14. The number of nitrogens with one attached hydrogen (secondary N) is 2. The third-order valence-electron chi connectivity index (χ3n) is 3.98. The molecule has 27 heavy (non-hydrogen) atoms. The number of thiazole rings is 1. The van der Waals surface area contributed by atoms with Crippen molar-refractivity contribution in [1.82, 2.24) is 10.3 Å². The second-order valence-electron chi connectivity index (χ2n) is 6.25. The molecular formula is C20H21N3O2S2.